The highest BCUT2D eigenvalue weighted by Gasteiger charge is 2.07. The molecule has 134 valence electrons. The zero-order valence-electron chi connectivity index (χ0n) is 14.7. The van der Waals surface area contributed by atoms with Gasteiger partial charge in [-0.2, -0.15) is 0 Å². The van der Waals surface area contributed by atoms with E-state index >= 15 is 0 Å². The van der Waals surface area contributed by atoms with E-state index in [-0.39, 0.29) is 12.3 Å². The minimum atomic E-state index is -0.102. The molecule has 6 heteroatoms. The van der Waals surface area contributed by atoms with E-state index in [4.69, 9.17) is 11.6 Å². The molecule has 0 spiro atoms. The normalized spacial score (nSPS) is 10.9. The van der Waals surface area contributed by atoms with Gasteiger partial charge in [0.2, 0.25) is 5.91 Å². The van der Waals surface area contributed by atoms with Crippen molar-refractivity contribution in [3.8, 4) is 11.3 Å². The molecular weight excluding hydrogens is 360 g/mol. The van der Waals surface area contributed by atoms with E-state index in [1.807, 2.05) is 53.2 Å². The van der Waals surface area contributed by atoms with Crippen LogP contribution in [0.25, 0.3) is 16.9 Å². The topological polar surface area (TPSA) is 59.3 Å². The van der Waals surface area contributed by atoms with Crippen molar-refractivity contribution in [3.05, 3.63) is 83.4 Å². The Labute approximate surface area is 161 Å². The average Bonchev–Trinajstić information content (AvgIpc) is 3.07. The molecule has 0 fully saturated rings. The first-order valence-electron chi connectivity index (χ1n) is 8.53. The summed E-state index contributed by atoms with van der Waals surface area (Å²) < 4.78 is 2.01. The van der Waals surface area contributed by atoms with Gasteiger partial charge in [0.05, 0.1) is 12.1 Å². The lowest BCUT2D eigenvalue weighted by molar-refractivity contribution is -0.115. The van der Waals surface area contributed by atoms with E-state index < -0.39 is 0 Å². The average molecular weight is 377 g/mol. The van der Waals surface area contributed by atoms with Crippen molar-refractivity contribution >= 4 is 28.8 Å². The zero-order valence-corrected chi connectivity index (χ0v) is 15.4. The minimum Gasteiger partial charge on any atom is -0.326 e. The first-order chi connectivity index (χ1) is 13.1. The number of nitrogens with zero attached hydrogens (tertiary/aromatic N) is 3. The lowest BCUT2D eigenvalue weighted by atomic mass is 10.1. The number of aryl methyl sites for hydroxylation is 1. The Morgan fingerprint density at radius 3 is 2.63 bits per heavy atom. The molecule has 0 saturated carbocycles. The minimum absolute atomic E-state index is 0.102. The molecule has 0 radical (unpaired) electrons. The maximum absolute atomic E-state index is 12.2. The SMILES string of the molecule is Cc1ccc2nc(-c3ccc(NC(=O)Cc4ccc(Cl)nc4)cc3)cn2c1. The maximum Gasteiger partial charge on any atom is 0.228 e. The second kappa shape index (κ2) is 7.21. The summed E-state index contributed by atoms with van der Waals surface area (Å²) in [7, 11) is 0. The number of carbonyl (C=O) groups excluding carboxylic acids is 1. The van der Waals surface area contributed by atoms with Gasteiger partial charge in [-0.15, -0.1) is 0 Å². The smallest absolute Gasteiger partial charge is 0.228 e. The van der Waals surface area contributed by atoms with Gasteiger partial charge in [-0.25, -0.2) is 9.97 Å². The summed E-state index contributed by atoms with van der Waals surface area (Å²) in [6.45, 7) is 2.05. The highest BCUT2D eigenvalue weighted by molar-refractivity contribution is 6.29. The maximum atomic E-state index is 12.2. The second-order valence-electron chi connectivity index (χ2n) is 6.39. The van der Waals surface area contributed by atoms with Crippen molar-refractivity contribution in [1.29, 1.82) is 0 Å². The van der Waals surface area contributed by atoms with Crippen molar-refractivity contribution in [2.75, 3.05) is 5.32 Å². The molecule has 0 saturated heterocycles. The van der Waals surface area contributed by atoms with Crippen LogP contribution in [0.3, 0.4) is 0 Å². The number of anilines is 1. The molecule has 0 bridgehead atoms. The van der Waals surface area contributed by atoms with Crippen molar-refractivity contribution in [2.24, 2.45) is 0 Å². The number of benzene rings is 1. The summed E-state index contributed by atoms with van der Waals surface area (Å²) in [4.78, 5) is 20.8. The van der Waals surface area contributed by atoms with E-state index in [1.54, 1.807) is 18.3 Å². The number of nitrogens with one attached hydrogen (secondary N) is 1. The molecule has 0 aliphatic rings. The summed E-state index contributed by atoms with van der Waals surface area (Å²) >= 11 is 5.76. The number of amides is 1. The Bertz CT molecular complexity index is 1100. The van der Waals surface area contributed by atoms with Crippen LogP contribution < -0.4 is 5.32 Å². The Morgan fingerprint density at radius 1 is 1.07 bits per heavy atom. The Morgan fingerprint density at radius 2 is 1.89 bits per heavy atom. The van der Waals surface area contributed by atoms with Crippen LogP contribution in [0.4, 0.5) is 5.69 Å². The molecule has 1 amide bonds. The lowest BCUT2D eigenvalue weighted by Gasteiger charge is -2.06. The third-order valence-corrected chi connectivity index (χ3v) is 4.44. The third-order valence-electron chi connectivity index (χ3n) is 4.22. The van der Waals surface area contributed by atoms with Gasteiger partial charge in [-0.05, 0) is 42.3 Å². The molecule has 1 N–H and O–H groups in total. The highest BCUT2D eigenvalue weighted by Crippen LogP contribution is 2.22. The summed E-state index contributed by atoms with van der Waals surface area (Å²) in [5, 5.41) is 3.31. The largest absolute Gasteiger partial charge is 0.326 e. The van der Waals surface area contributed by atoms with Crippen LogP contribution in [0.15, 0.2) is 67.1 Å². The van der Waals surface area contributed by atoms with Gasteiger partial charge in [-0.1, -0.05) is 35.9 Å². The number of rotatable bonds is 4. The van der Waals surface area contributed by atoms with Gasteiger partial charge >= 0.3 is 0 Å². The van der Waals surface area contributed by atoms with Crippen LogP contribution in [0, 0.1) is 6.92 Å². The summed E-state index contributed by atoms with van der Waals surface area (Å²) in [6, 6.07) is 15.2. The fraction of sp³-hybridized carbons (Fsp3) is 0.0952. The summed E-state index contributed by atoms with van der Waals surface area (Å²) in [5.74, 6) is -0.102. The Kier molecular flexibility index (Phi) is 4.60. The van der Waals surface area contributed by atoms with E-state index in [9.17, 15) is 4.79 Å². The van der Waals surface area contributed by atoms with Gasteiger partial charge in [0.15, 0.2) is 0 Å². The molecule has 1 aromatic carbocycles. The van der Waals surface area contributed by atoms with Crippen molar-refractivity contribution in [3.63, 3.8) is 0 Å². The van der Waals surface area contributed by atoms with Gasteiger partial charge in [-0.3, -0.25) is 4.79 Å². The molecule has 0 aliphatic heterocycles. The van der Waals surface area contributed by atoms with E-state index in [0.717, 1.165) is 28.2 Å². The van der Waals surface area contributed by atoms with Gasteiger partial charge in [0.25, 0.3) is 0 Å². The number of carbonyl (C=O) groups is 1. The molecule has 0 aliphatic carbocycles. The number of aromatic nitrogens is 3. The lowest BCUT2D eigenvalue weighted by Crippen LogP contribution is -2.14. The standard InChI is InChI=1S/C21H17ClN4O/c1-14-2-9-20-25-18(13-26(20)12-14)16-4-6-17(7-5-16)24-21(27)10-15-3-8-19(22)23-11-15/h2-9,11-13H,10H2,1H3,(H,24,27). The van der Waals surface area contributed by atoms with Crippen LogP contribution in [0.2, 0.25) is 5.15 Å². The predicted octanol–water partition coefficient (Wildman–Crippen LogP) is 4.54. The number of imidazole rings is 1. The summed E-state index contributed by atoms with van der Waals surface area (Å²) in [5.41, 5.74) is 5.53. The molecule has 27 heavy (non-hydrogen) atoms. The summed E-state index contributed by atoms with van der Waals surface area (Å²) in [6.07, 6.45) is 5.91. The second-order valence-corrected chi connectivity index (χ2v) is 6.78. The fourth-order valence-corrected chi connectivity index (χ4v) is 2.98. The fourth-order valence-electron chi connectivity index (χ4n) is 2.87. The van der Waals surface area contributed by atoms with E-state index in [2.05, 4.69) is 22.2 Å². The molecule has 0 atom stereocenters. The number of fused-ring (bicyclic) bond motifs is 1. The Hall–Kier alpha value is -3.18. The first kappa shape index (κ1) is 17.2. The molecule has 5 nitrogen and oxygen atoms in total. The van der Waals surface area contributed by atoms with Crippen molar-refractivity contribution in [2.45, 2.75) is 13.3 Å². The van der Waals surface area contributed by atoms with E-state index in [1.165, 1.54) is 5.56 Å². The zero-order chi connectivity index (χ0) is 18.8. The Balaban J connectivity index is 1.46. The first-order valence-corrected chi connectivity index (χ1v) is 8.91. The number of hydrogen-bond acceptors (Lipinski definition) is 3. The van der Waals surface area contributed by atoms with Gasteiger partial charge in [0.1, 0.15) is 10.8 Å². The van der Waals surface area contributed by atoms with Crippen molar-refractivity contribution in [1.82, 2.24) is 14.4 Å². The van der Waals surface area contributed by atoms with Crippen LogP contribution in [0.1, 0.15) is 11.1 Å². The third kappa shape index (κ3) is 3.99. The number of hydrogen-bond donors (Lipinski definition) is 1. The van der Waals surface area contributed by atoms with Gasteiger partial charge < -0.3 is 9.72 Å². The highest BCUT2D eigenvalue weighted by atomic mass is 35.5. The van der Waals surface area contributed by atoms with Crippen LogP contribution >= 0.6 is 11.6 Å². The quantitative estimate of drug-likeness (QED) is 0.532. The van der Waals surface area contributed by atoms with E-state index in [0.29, 0.717) is 5.15 Å². The predicted molar refractivity (Wildman–Crippen MR) is 107 cm³/mol. The molecule has 0 unspecified atom stereocenters. The molecule has 3 heterocycles. The monoisotopic (exact) mass is 376 g/mol. The van der Waals surface area contributed by atoms with Crippen molar-refractivity contribution < 1.29 is 4.79 Å². The van der Waals surface area contributed by atoms with Gasteiger partial charge in [0, 0.05) is 29.8 Å². The molecule has 4 aromatic rings. The van der Waals surface area contributed by atoms with Crippen LogP contribution in [0.5, 0.6) is 0 Å². The number of pyridine rings is 2. The molecular formula is C21H17ClN4O. The molecule has 3 aromatic heterocycles. The number of halogens is 1. The van der Waals surface area contributed by atoms with Crippen LogP contribution in [-0.2, 0) is 11.2 Å². The van der Waals surface area contributed by atoms with Crippen LogP contribution in [-0.4, -0.2) is 20.3 Å². The molecule has 4 rings (SSSR count).